The Balaban J connectivity index is 2.29. The Labute approximate surface area is 102 Å². The van der Waals surface area contributed by atoms with Crippen LogP contribution in [0, 0.1) is 0 Å². The molecule has 1 unspecified atom stereocenters. The number of aliphatic carboxylic acids is 1. The lowest BCUT2D eigenvalue weighted by molar-refractivity contribution is -0.146. The van der Waals surface area contributed by atoms with Crippen LogP contribution in [-0.4, -0.2) is 49.1 Å². The maximum atomic E-state index is 11.3. The smallest absolute Gasteiger partial charge is 0.323 e. The monoisotopic (exact) mass is 245 g/mol. The lowest BCUT2D eigenvalue weighted by Crippen LogP contribution is -2.51. The summed E-state index contributed by atoms with van der Waals surface area (Å²) >= 11 is 0. The molecule has 1 rings (SSSR count). The van der Waals surface area contributed by atoms with Crippen molar-refractivity contribution in [3.8, 4) is 0 Å². The van der Waals surface area contributed by atoms with Crippen molar-refractivity contribution in [2.45, 2.75) is 44.8 Å². The van der Waals surface area contributed by atoms with Crippen molar-refractivity contribution >= 4 is 5.97 Å². The molecule has 1 saturated heterocycles. The van der Waals surface area contributed by atoms with Gasteiger partial charge in [0, 0.05) is 6.61 Å². The molecule has 0 spiro atoms. The van der Waals surface area contributed by atoms with Crippen LogP contribution in [0.5, 0.6) is 0 Å². The molecule has 0 radical (unpaired) electrons. The molecule has 5 nitrogen and oxygen atoms in total. The predicted octanol–water partition coefficient (Wildman–Crippen LogP) is 1.02. The second-order valence-electron chi connectivity index (χ2n) is 4.40. The van der Waals surface area contributed by atoms with E-state index in [0.29, 0.717) is 39.2 Å². The maximum Gasteiger partial charge on any atom is 0.323 e. The second-order valence-corrected chi connectivity index (χ2v) is 4.40. The van der Waals surface area contributed by atoms with Gasteiger partial charge in [0.2, 0.25) is 0 Å². The van der Waals surface area contributed by atoms with E-state index in [1.165, 1.54) is 0 Å². The average Bonchev–Trinajstić information content (AvgIpc) is 2.24. The molecule has 2 N–H and O–H groups in total. The van der Waals surface area contributed by atoms with E-state index in [-0.39, 0.29) is 6.10 Å². The summed E-state index contributed by atoms with van der Waals surface area (Å²) in [6.45, 7) is 6.44. The fourth-order valence-electron chi connectivity index (χ4n) is 2.00. The van der Waals surface area contributed by atoms with Gasteiger partial charge >= 0.3 is 5.97 Å². The number of carbonyl (C=O) groups is 1. The molecule has 0 aromatic heterocycles. The molecule has 0 saturated carbocycles. The summed E-state index contributed by atoms with van der Waals surface area (Å²) in [6.07, 6.45) is 2.15. The molecule has 0 aliphatic carbocycles. The third-order valence-electron chi connectivity index (χ3n) is 3.24. The summed E-state index contributed by atoms with van der Waals surface area (Å²) in [5.41, 5.74) is -0.797. The Morgan fingerprint density at radius 3 is 2.65 bits per heavy atom. The van der Waals surface area contributed by atoms with Gasteiger partial charge in [-0.05, 0) is 25.8 Å². The fraction of sp³-hybridized carbons (Fsp3) is 0.917. The fourth-order valence-corrected chi connectivity index (χ4v) is 2.00. The summed E-state index contributed by atoms with van der Waals surface area (Å²) in [7, 11) is 0. The SMILES string of the molecule is CCNC(CC)(CCCOC1COC1)C(=O)O. The van der Waals surface area contributed by atoms with E-state index in [9.17, 15) is 9.90 Å². The highest BCUT2D eigenvalue weighted by atomic mass is 16.6. The third kappa shape index (κ3) is 3.94. The van der Waals surface area contributed by atoms with Crippen molar-refractivity contribution in [2.24, 2.45) is 0 Å². The quantitative estimate of drug-likeness (QED) is 0.594. The van der Waals surface area contributed by atoms with Crippen LogP contribution in [0.3, 0.4) is 0 Å². The van der Waals surface area contributed by atoms with Gasteiger partial charge in [-0.2, -0.15) is 0 Å². The Hall–Kier alpha value is -0.650. The third-order valence-corrected chi connectivity index (χ3v) is 3.24. The summed E-state index contributed by atoms with van der Waals surface area (Å²) in [5, 5.41) is 12.4. The first kappa shape index (κ1) is 14.4. The minimum Gasteiger partial charge on any atom is -0.480 e. The van der Waals surface area contributed by atoms with Gasteiger partial charge in [0.05, 0.1) is 13.2 Å². The van der Waals surface area contributed by atoms with E-state index < -0.39 is 11.5 Å². The van der Waals surface area contributed by atoms with Crippen molar-refractivity contribution in [3.05, 3.63) is 0 Å². The molecular formula is C12H23NO4. The van der Waals surface area contributed by atoms with Gasteiger partial charge < -0.3 is 19.9 Å². The van der Waals surface area contributed by atoms with Gasteiger partial charge in [-0.15, -0.1) is 0 Å². The Bertz CT molecular complexity index is 243. The molecule has 1 aliphatic heterocycles. The Morgan fingerprint density at radius 1 is 1.53 bits per heavy atom. The molecule has 0 bridgehead atoms. The molecule has 5 heteroatoms. The van der Waals surface area contributed by atoms with E-state index in [1.807, 2.05) is 13.8 Å². The minimum atomic E-state index is -0.797. The molecule has 1 heterocycles. The lowest BCUT2D eigenvalue weighted by Gasteiger charge is -2.30. The van der Waals surface area contributed by atoms with Gasteiger partial charge in [-0.25, -0.2) is 0 Å². The van der Waals surface area contributed by atoms with Gasteiger partial charge in [-0.3, -0.25) is 4.79 Å². The normalized spacial score (nSPS) is 19.6. The first-order valence-corrected chi connectivity index (χ1v) is 6.32. The molecule has 0 aromatic rings. The van der Waals surface area contributed by atoms with E-state index >= 15 is 0 Å². The van der Waals surface area contributed by atoms with Crippen LogP contribution in [0.4, 0.5) is 0 Å². The number of carboxylic acid groups (broad SMARTS) is 1. The highest BCUT2D eigenvalue weighted by molar-refractivity contribution is 5.78. The topological polar surface area (TPSA) is 67.8 Å². The zero-order valence-electron chi connectivity index (χ0n) is 10.7. The number of ether oxygens (including phenoxy) is 2. The number of likely N-dealkylation sites (N-methyl/N-ethyl adjacent to an activating group) is 1. The van der Waals surface area contributed by atoms with Crippen LogP contribution in [0.15, 0.2) is 0 Å². The van der Waals surface area contributed by atoms with Crippen LogP contribution in [-0.2, 0) is 14.3 Å². The van der Waals surface area contributed by atoms with Crippen LogP contribution in [0.2, 0.25) is 0 Å². The summed E-state index contributed by atoms with van der Waals surface area (Å²) in [6, 6.07) is 0. The number of hydrogen-bond acceptors (Lipinski definition) is 4. The molecule has 1 aliphatic rings. The summed E-state index contributed by atoms with van der Waals surface area (Å²) in [5.74, 6) is -0.770. The van der Waals surface area contributed by atoms with Crippen LogP contribution in [0.1, 0.15) is 33.1 Å². The van der Waals surface area contributed by atoms with Gasteiger partial charge in [0.15, 0.2) is 0 Å². The van der Waals surface area contributed by atoms with Gasteiger partial charge in [-0.1, -0.05) is 13.8 Å². The number of nitrogens with one attached hydrogen (secondary N) is 1. The molecule has 0 aromatic carbocycles. The van der Waals surface area contributed by atoms with Gasteiger partial charge in [0.1, 0.15) is 11.6 Å². The van der Waals surface area contributed by atoms with Crippen LogP contribution < -0.4 is 5.32 Å². The second kappa shape index (κ2) is 6.93. The highest BCUT2D eigenvalue weighted by Crippen LogP contribution is 2.18. The zero-order chi connectivity index (χ0) is 12.7. The maximum absolute atomic E-state index is 11.3. The van der Waals surface area contributed by atoms with Crippen molar-refractivity contribution in [3.63, 3.8) is 0 Å². The first-order chi connectivity index (χ1) is 8.14. The average molecular weight is 245 g/mol. The molecule has 100 valence electrons. The minimum absolute atomic E-state index is 0.218. The molecule has 17 heavy (non-hydrogen) atoms. The Kier molecular flexibility index (Phi) is 5.88. The van der Waals surface area contributed by atoms with E-state index in [4.69, 9.17) is 9.47 Å². The predicted molar refractivity (Wildman–Crippen MR) is 64.1 cm³/mol. The molecule has 1 fully saturated rings. The number of rotatable bonds is 9. The van der Waals surface area contributed by atoms with E-state index in [2.05, 4.69) is 5.32 Å². The lowest BCUT2D eigenvalue weighted by atomic mass is 9.90. The number of carboxylic acids is 1. The summed E-state index contributed by atoms with van der Waals surface area (Å²) < 4.78 is 10.5. The molecule has 1 atom stereocenters. The van der Waals surface area contributed by atoms with Crippen molar-refractivity contribution in [1.82, 2.24) is 5.32 Å². The van der Waals surface area contributed by atoms with Crippen molar-refractivity contribution < 1.29 is 19.4 Å². The first-order valence-electron chi connectivity index (χ1n) is 6.32. The van der Waals surface area contributed by atoms with Crippen LogP contribution in [0.25, 0.3) is 0 Å². The molecular weight excluding hydrogens is 222 g/mol. The van der Waals surface area contributed by atoms with E-state index in [1.54, 1.807) is 0 Å². The van der Waals surface area contributed by atoms with Crippen molar-refractivity contribution in [2.75, 3.05) is 26.4 Å². The largest absolute Gasteiger partial charge is 0.480 e. The van der Waals surface area contributed by atoms with Crippen LogP contribution >= 0.6 is 0 Å². The zero-order valence-corrected chi connectivity index (χ0v) is 10.7. The number of hydrogen-bond donors (Lipinski definition) is 2. The summed E-state index contributed by atoms with van der Waals surface area (Å²) in [4.78, 5) is 11.3. The molecule has 0 amide bonds. The highest BCUT2D eigenvalue weighted by Gasteiger charge is 2.35. The Morgan fingerprint density at radius 2 is 2.24 bits per heavy atom. The van der Waals surface area contributed by atoms with Crippen molar-refractivity contribution in [1.29, 1.82) is 0 Å². The van der Waals surface area contributed by atoms with E-state index in [0.717, 1.165) is 6.42 Å². The standard InChI is InChI=1S/C12H23NO4/c1-3-12(11(14)15,13-4-2)6-5-7-17-10-8-16-9-10/h10,13H,3-9H2,1-2H3,(H,14,15). The van der Waals surface area contributed by atoms with Gasteiger partial charge in [0.25, 0.3) is 0 Å².